The summed E-state index contributed by atoms with van der Waals surface area (Å²) in [6.45, 7) is 8.44. The first-order chi connectivity index (χ1) is 13.2. The Bertz CT molecular complexity index is 772. The first kappa shape index (κ1) is 18.2. The van der Waals surface area contributed by atoms with Gasteiger partial charge in [0.05, 0.1) is 0 Å². The second kappa shape index (κ2) is 8.23. The van der Waals surface area contributed by atoms with Crippen molar-refractivity contribution in [3.05, 3.63) is 52.8 Å². The zero-order valence-corrected chi connectivity index (χ0v) is 16.1. The monoisotopic (exact) mass is 367 g/mol. The minimum atomic E-state index is 0.0696. The van der Waals surface area contributed by atoms with Crippen LogP contribution in [0.1, 0.15) is 40.7 Å². The number of aromatic amines is 1. The van der Waals surface area contributed by atoms with E-state index in [-0.39, 0.29) is 5.91 Å². The average molecular weight is 367 g/mol. The number of fused-ring (bicyclic) bond motifs is 1. The van der Waals surface area contributed by atoms with E-state index >= 15 is 0 Å². The lowest BCUT2D eigenvalue weighted by Crippen LogP contribution is -2.37. The van der Waals surface area contributed by atoms with Crippen molar-refractivity contribution in [1.82, 2.24) is 25.3 Å². The van der Waals surface area contributed by atoms with Gasteiger partial charge in [0.1, 0.15) is 0 Å². The zero-order valence-electron chi connectivity index (χ0n) is 16.1. The molecule has 6 nitrogen and oxygen atoms in total. The predicted molar refractivity (Wildman–Crippen MR) is 105 cm³/mol. The second-order valence-electron chi connectivity index (χ2n) is 7.68. The maximum Gasteiger partial charge on any atom is 0.274 e. The third-order valence-corrected chi connectivity index (χ3v) is 5.78. The Labute approximate surface area is 160 Å². The number of nitrogens with one attached hydrogen (secondary N) is 2. The van der Waals surface area contributed by atoms with Gasteiger partial charge in [0.2, 0.25) is 0 Å². The van der Waals surface area contributed by atoms with Crippen LogP contribution in [0.25, 0.3) is 0 Å². The lowest BCUT2D eigenvalue weighted by molar-refractivity contribution is 0.0731. The molecule has 4 rings (SSSR count). The van der Waals surface area contributed by atoms with Gasteiger partial charge in [-0.15, -0.1) is 0 Å². The van der Waals surface area contributed by atoms with Gasteiger partial charge >= 0.3 is 0 Å². The minimum Gasteiger partial charge on any atom is -0.337 e. The van der Waals surface area contributed by atoms with Crippen LogP contribution in [0, 0.1) is 5.92 Å². The predicted octanol–water partition coefficient (Wildman–Crippen LogP) is 2.04. The number of benzene rings is 1. The summed E-state index contributed by atoms with van der Waals surface area (Å²) in [5, 5.41) is 10.8. The molecule has 3 heterocycles. The molecule has 2 aromatic rings. The maximum absolute atomic E-state index is 13.1. The molecule has 2 N–H and O–H groups in total. The van der Waals surface area contributed by atoms with Crippen molar-refractivity contribution in [2.75, 3.05) is 32.7 Å². The van der Waals surface area contributed by atoms with E-state index in [4.69, 9.17) is 0 Å². The third kappa shape index (κ3) is 4.06. The number of carbonyl (C=O) groups excluding carboxylic acids is 1. The summed E-state index contributed by atoms with van der Waals surface area (Å²) < 4.78 is 0. The fourth-order valence-corrected chi connectivity index (χ4v) is 4.27. The minimum absolute atomic E-state index is 0.0696. The van der Waals surface area contributed by atoms with Crippen molar-refractivity contribution < 1.29 is 4.79 Å². The number of hydrogen-bond donors (Lipinski definition) is 2. The molecule has 144 valence electrons. The number of likely N-dealkylation sites (tertiary alicyclic amines) is 1. The first-order valence-corrected chi connectivity index (χ1v) is 10.1. The molecule has 1 aromatic carbocycles. The summed E-state index contributed by atoms with van der Waals surface area (Å²) in [7, 11) is 0. The van der Waals surface area contributed by atoms with E-state index < -0.39 is 0 Å². The second-order valence-corrected chi connectivity index (χ2v) is 7.68. The van der Waals surface area contributed by atoms with Crippen LogP contribution in [-0.2, 0) is 19.5 Å². The molecule has 6 heteroatoms. The van der Waals surface area contributed by atoms with E-state index in [1.54, 1.807) is 0 Å². The molecular weight excluding hydrogens is 338 g/mol. The highest BCUT2D eigenvalue weighted by Crippen LogP contribution is 2.22. The van der Waals surface area contributed by atoms with E-state index in [9.17, 15) is 4.79 Å². The number of rotatable bonds is 6. The van der Waals surface area contributed by atoms with Crippen molar-refractivity contribution in [1.29, 1.82) is 0 Å². The largest absolute Gasteiger partial charge is 0.337 e. The molecule has 0 saturated carbocycles. The van der Waals surface area contributed by atoms with Gasteiger partial charge in [-0.2, -0.15) is 5.10 Å². The molecule has 27 heavy (non-hydrogen) atoms. The molecule has 1 aromatic heterocycles. The van der Waals surface area contributed by atoms with Gasteiger partial charge in [-0.3, -0.25) is 14.8 Å². The van der Waals surface area contributed by atoms with Crippen LogP contribution in [0.15, 0.2) is 30.3 Å². The van der Waals surface area contributed by atoms with Crippen LogP contribution in [0.2, 0.25) is 0 Å². The van der Waals surface area contributed by atoms with Gasteiger partial charge in [0, 0.05) is 56.9 Å². The fraction of sp³-hybridized carbons (Fsp3) is 0.524. The lowest BCUT2D eigenvalue weighted by Gasteiger charge is -2.25. The Hall–Kier alpha value is -2.18. The van der Waals surface area contributed by atoms with Crippen LogP contribution < -0.4 is 5.32 Å². The van der Waals surface area contributed by atoms with Gasteiger partial charge in [-0.05, 0) is 31.4 Å². The van der Waals surface area contributed by atoms with Crippen LogP contribution in [0.4, 0.5) is 0 Å². The van der Waals surface area contributed by atoms with Crippen LogP contribution in [0.3, 0.4) is 0 Å². The van der Waals surface area contributed by atoms with Gasteiger partial charge in [0.25, 0.3) is 5.91 Å². The number of hydrogen-bond acceptors (Lipinski definition) is 4. The van der Waals surface area contributed by atoms with E-state index in [0.717, 1.165) is 69.9 Å². The normalized spacial score (nSPS) is 19.8. The summed E-state index contributed by atoms with van der Waals surface area (Å²) in [5.41, 5.74) is 4.14. The molecule has 0 aliphatic carbocycles. The summed E-state index contributed by atoms with van der Waals surface area (Å²) in [6, 6.07) is 10.6. The molecule has 0 bridgehead atoms. The number of nitrogens with zero attached hydrogens (tertiary/aromatic N) is 3. The highest BCUT2D eigenvalue weighted by atomic mass is 16.2. The Morgan fingerprint density at radius 1 is 1.33 bits per heavy atom. The lowest BCUT2D eigenvalue weighted by atomic mass is 10.1. The highest BCUT2D eigenvalue weighted by Gasteiger charge is 2.29. The molecule has 1 amide bonds. The van der Waals surface area contributed by atoms with Crippen LogP contribution >= 0.6 is 0 Å². The van der Waals surface area contributed by atoms with Gasteiger partial charge in [-0.1, -0.05) is 30.3 Å². The number of carbonyl (C=O) groups is 1. The Balaban J connectivity index is 1.36. The Kier molecular flexibility index (Phi) is 5.55. The molecule has 2 aliphatic heterocycles. The topological polar surface area (TPSA) is 64.3 Å². The van der Waals surface area contributed by atoms with Gasteiger partial charge in [0.15, 0.2) is 5.69 Å². The molecule has 0 spiro atoms. The molecule has 1 unspecified atom stereocenters. The standard InChI is InChI=1S/C21H29N5O/c1-2-26(21(27)20-18-12-22-10-8-19(18)23-24-20)15-17-9-11-25(14-17)13-16-6-4-3-5-7-16/h3-7,17,22H,2,8-15H2,1H3,(H,23,24). The highest BCUT2D eigenvalue weighted by molar-refractivity contribution is 5.94. The van der Waals surface area contributed by atoms with E-state index in [0.29, 0.717) is 11.6 Å². The molecule has 1 saturated heterocycles. The van der Waals surface area contributed by atoms with Crippen molar-refractivity contribution >= 4 is 5.91 Å². The number of amides is 1. The van der Waals surface area contributed by atoms with Crippen molar-refractivity contribution in [2.24, 2.45) is 5.92 Å². The number of H-pyrrole nitrogens is 1. The zero-order chi connectivity index (χ0) is 18.6. The molecule has 0 radical (unpaired) electrons. The van der Waals surface area contributed by atoms with Crippen LogP contribution in [0.5, 0.6) is 0 Å². The Morgan fingerprint density at radius 2 is 2.19 bits per heavy atom. The maximum atomic E-state index is 13.1. The fourth-order valence-electron chi connectivity index (χ4n) is 4.27. The third-order valence-electron chi connectivity index (χ3n) is 5.78. The number of aromatic nitrogens is 2. The van der Waals surface area contributed by atoms with E-state index in [1.807, 2.05) is 4.90 Å². The molecule has 1 fully saturated rings. The van der Waals surface area contributed by atoms with Crippen molar-refractivity contribution in [3.8, 4) is 0 Å². The molecular formula is C21H29N5O. The van der Waals surface area contributed by atoms with E-state index in [1.165, 1.54) is 5.56 Å². The summed E-state index contributed by atoms with van der Waals surface area (Å²) in [6.07, 6.45) is 2.07. The van der Waals surface area contributed by atoms with Crippen molar-refractivity contribution in [3.63, 3.8) is 0 Å². The van der Waals surface area contributed by atoms with Gasteiger partial charge < -0.3 is 10.2 Å². The summed E-state index contributed by atoms with van der Waals surface area (Å²) >= 11 is 0. The average Bonchev–Trinajstić information content (AvgIpc) is 3.33. The smallest absolute Gasteiger partial charge is 0.274 e. The Morgan fingerprint density at radius 3 is 3.00 bits per heavy atom. The first-order valence-electron chi connectivity index (χ1n) is 10.1. The van der Waals surface area contributed by atoms with Crippen LogP contribution in [-0.4, -0.2) is 58.6 Å². The van der Waals surface area contributed by atoms with Gasteiger partial charge in [-0.25, -0.2) is 0 Å². The SMILES string of the molecule is CCN(CC1CCN(Cc2ccccc2)C1)C(=O)c1n[nH]c2c1CNCC2. The molecule has 1 atom stereocenters. The molecule has 2 aliphatic rings. The quantitative estimate of drug-likeness (QED) is 0.820. The summed E-state index contributed by atoms with van der Waals surface area (Å²) in [5.74, 6) is 0.603. The summed E-state index contributed by atoms with van der Waals surface area (Å²) in [4.78, 5) is 17.5. The van der Waals surface area contributed by atoms with Crippen molar-refractivity contribution in [2.45, 2.75) is 32.9 Å². The van der Waals surface area contributed by atoms with E-state index in [2.05, 4.69) is 57.7 Å².